The van der Waals surface area contributed by atoms with Crippen molar-refractivity contribution in [1.82, 2.24) is 0 Å². The molecule has 0 aliphatic carbocycles. The van der Waals surface area contributed by atoms with Gasteiger partial charge in [-0.3, -0.25) is 0 Å². The van der Waals surface area contributed by atoms with Gasteiger partial charge in [0.1, 0.15) is 5.82 Å². The summed E-state index contributed by atoms with van der Waals surface area (Å²) in [6.45, 7) is 0. The summed E-state index contributed by atoms with van der Waals surface area (Å²) in [5, 5.41) is 2.58. The highest BCUT2D eigenvalue weighted by molar-refractivity contribution is 9.10. The largest absolute Gasteiger partial charge is 0.323 e. The quantitative estimate of drug-likeness (QED) is 0.876. The Morgan fingerprint density at radius 3 is 2.82 bits per heavy atom. The van der Waals surface area contributed by atoms with Crippen molar-refractivity contribution in [3.05, 3.63) is 55.4 Å². The van der Waals surface area contributed by atoms with Crippen LogP contribution in [-0.2, 0) is 6.42 Å². The number of nitrogens with two attached hydrogens (primary N) is 1. The maximum atomic E-state index is 13.3. The second-order valence-electron chi connectivity index (χ2n) is 3.66. The molecule has 90 valence electrons. The van der Waals surface area contributed by atoms with Gasteiger partial charge < -0.3 is 5.73 Å². The molecule has 1 nitrogen and oxygen atoms in total. The first-order chi connectivity index (χ1) is 8.09. The van der Waals surface area contributed by atoms with E-state index in [2.05, 4.69) is 15.9 Å². The Morgan fingerprint density at radius 2 is 2.18 bits per heavy atom. The first-order valence-corrected chi connectivity index (χ1v) is 7.06. The summed E-state index contributed by atoms with van der Waals surface area (Å²) >= 11 is 10.8. The average Bonchev–Trinajstić information content (AvgIpc) is 2.71. The predicted molar refractivity (Wildman–Crippen MR) is 74.1 cm³/mol. The van der Waals surface area contributed by atoms with E-state index in [1.807, 2.05) is 17.5 Å². The van der Waals surface area contributed by atoms with E-state index < -0.39 is 0 Å². The molecule has 0 radical (unpaired) electrons. The van der Waals surface area contributed by atoms with Crippen molar-refractivity contribution in [3.8, 4) is 0 Å². The Kier molecular flexibility index (Phi) is 4.20. The highest BCUT2D eigenvalue weighted by Gasteiger charge is 2.15. The van der Waals surface area contributed by atoms with Crippen LogP contribution >= 0.6 is 38.9 Å². The molecule has 1 aromatic heterocycles. The van der Waals surface area contributed by atoms with Crippen LogP contribution in [0.3, 0.4) is 0 Å². The maximum absolute atomic E-state index is 13.3. The van der Waals surface area contributed by atoms with Gasteiger partial charge in [0.2, 0.25) is 0 Å². The molecule has 1 unspecified atom stereocenters. The average molecular weight is 335 g/mol. The van der Waals surface area contributed by atoms with E-state index in [1.165, 1.54) is 17.4 Å². The Morgan fingerprint density at radius 1 is 1.41 bits per heavy atom. The lowest BCUT2D eigenvalue weighted by Gasteiger charge is -2.12. The SMILES string of the molecule is NC(Cc1cccc(F)c1Br)c1sccc1Cl. The number of thiophene rings is 1. The summed E-state index contributed by atoms with van der Waals surface area (Å²) in [7, 11) is 0. The van der Waals surface area contributed by atoms with Crippen LogP contribution in [0, 0.1) is 5.82 Å². The lowest BCUT2D eigenvalue weighted by molar-refractivity contribution is 0.614. The molecule has 1 heterocycles. The van der Waals surface area contributed by atoms with Crippen LogP contribution in [0.2, 0.25) is 5.02 Å². The molecule has 0 bridgehead atoms. The first-order valence-electron chi connectivity index (χ1n) is 5.01. The van der Waals surface area contributed by atoms with Crippen LogP contribution in [0.4, 0.5) is 4.39 Å². The molecule has 0 spiro atoms. The van der Waals surface area contributed by atoms with Crippen molar-refractivity contribution in [1.29, 1.82) is 0 Å². The lowest BCUT2D eigenvalue weighted by Crippen LogP contribution is -2.12. The van der Waals surface area contributed by atoms with Gasteiger partial charge >= 0.3 is 0 Å². The summed E-state index contributed by atoms with van der Waals surface area (Å²) in [6.07, 6.45) is 0.554. The normalized spacial score (nSPS) is 12.7. The van der Waals surface area contributed by atoms with E-state index in [4.69, 9.17) is 17.3 Å². The summed E-state index contributed by atoms with van der Waals surface area (Å²) in [4.78, 5) is 0.933. The van der Waals surface area contributed by atoms with E-state index in [1.54, 1.807) is 6.07 Å². The Labute approximate surface area is 117 Å². The molecular weight excluding hydrogens is 325 g/mol. The van der Waals surface area contributed by atoms with E-state index >= 15 is 0 Å². The molecular formula is C12H10BrClFNS. The van der Waals surface area contributed by atoms with Gasteiger partial charge in [0, 0.05) is 10.9 Å². The molecule has 5 heteroatoms. The van der Waals surface area contributed by atoms with Crippen LogP contribution in [-0.4, -0.2) is 0 Å². The molecule has 0 saturated heterocycles. The zero-order valence-electron chi connectivity index (χ0n) is 8.79. The highest BCUT2D eigenvalue weighted by Crippen LogP contribution is 2.31. The van der Waals surface area contributed by atoms with Crippen LogP contribution < -0.4 is 5.73 Å². The van der Waals surface area contributed by atoms with E-state index in [9.17, 15) is 4.39 Å². The molecule has 1 aromatic carbocycles. The molecule has 0 aliphatic rings. The minimum Gasteiger partial charge on any atom is -0.323 e. The summed E-state index contributed by atoms with van der Waals surface area (Å²) < 4.78 is 13.8. The fourth-order valence-corrected chi connectivity index (χ4v) is 3.23. The standard InChI is InChI=1S/C12H10BrClFNS/c13-11-7(2-1-3-9(11)15)6-10(16)12-8(14)4-5-17-12/h1-5,10H,6,16H2. The van der Waals surface area contributed by atoms with Crippen LogP contribution in [0.15, 0.2) is 34.1 Å². The Hall–Kier alpha value is -0.420. The van der Waals surface area contributed by atoms with Gasteiger partial charge in [-0.25, -0.2) is 4.39 Å². The van der Waals surface area contributed by atoms with Crippen molar-refractivity contribution in [3.63, 3.8) is 0 Å². The van der Waals surface area contributed by atoms with Gasteiger partial charge in [-0.05, 0) is 45.4 Å². The topological polar surface area (TPSA) is 26.0 Å². The number of rotatable bonds is 3. The van der Waals surface area contributed by atoms with Crippen molar-refractivity contribution in [2.24, 2.45) is 5.73 Å². The van der Waals surface area contributed by atoms with Crippen molar-refractivity contribution < 1.29 is 4.39 Å². The second-order valence-corrected chi connectivity index (χ2v) is 5.80. The first kappa shape index (κ1) is 13.0. The van der Waals surface area contributed by atoms with Crippen molar-refractivity contribution in [2.75, 3.05) is 0 Å². The fourth-order valence-electron chi connectivity index (χ4n) is 1.61. The molecule has 2 aromatic rings. The van der Waals surface area contributed by atoms with Gasteiger partial charge in [0.05, 0.1) is 9.50 Å². The molecule has 17 heavy (non-hydrogen) atoms. The van der Waals surface area contributed by atoms with Gasteiger partial charge in [0.15, 0.2) is 0 Å². The zero-order chi connectivity index (χ0) is 12.4. The highest BCUT2D eigenvalue weighted by atomic mass is 79.9. The third-order valence-corrected chi connectivity index (χ3v) is 4.83. The number of hydrogen-bond donors (Lipinski definition) is 1. The van der Waals surface area contributed by atoms with Gasteiger partial charge in [-0.15, -0.1) is 11.3 Å². The molecule has 2 N–H and O–H groups in total. The van der Waals surface area contributed by atoms with Gasteiger partial charge in [-0.2, -0.15) is 0 Å². The molecule has 0 aliphatic heterocycles. The van der Waals surface area contributed by atoms with Gasteiger partial charge in [-0.1, -0.05) is 23.7 Å². The fraction of sp³-hybridized carbons (Fsp3) is 0.167. The molecule has 0 amide bonds. The zero-order valence-corrected chi connectivity index (χ0v) is 11.9. The lowest BCUT2D eigenvalue weighted by atomic mass is 10.1. The third-order valence-electron chi connectivity index (χ3n) is 2.45. The molecule has 1 atom stereocenters. The number of benzene rings is 1. The third kappa shape index (κ3) is 2.88. The predicted octanol–water partition coefficient (Wildman–Crippen LogP) is 4.55. The van der Waals surface area contributed by atoms with Crippen LogP contribution in [0.1, 0.15) is 16.5 Å². The molecule has 0 saturated carbocycles. The van der Waals surface area contributed by atoms with E-state index in [-0.39, 0.29) is 11.9 Å². The minimum atomic E-state index is -0.271. The smallest absolute Gasteiger partial charge is 0.137 e. The molecule has 2 rings (SSSR count). The summed E-state index contributed by atoms with van der Waals surface area (Å²) in [5.74, 6) is -0.271. The number of hydrogen-bond acceptors (Lipinski definition) is 2. The van der Waals surface area contributed by atoms with Crippen LogP contribution in [0.25, 0.3) is 0 Å². The maximum Gasteiger partial charge on any atom is 0.137 e. The molecule has 0 fully saturated rings. The number of halogens is 3. The van der Waals surface area contributed by atoms with Crippen LogP contribution in [0.5, 0.6) is 0 Å². The summed E-state index contributed by atoms with van der Waals surface area (Å²) in [6, 6.07) is 6.56. The monoisotopic (exact) mass is 333 g/mol. The minimum absolute atomic E-state index is 0.208. The van der Waals surface area contributed by atoms with E-state index in [0.29, 0.717) is 15.9 Å². The van der Waals surface area contributed by atoms with Gasteiger partial charge in [0.25, 0.3) is 0 Å². The van der Waals surface area contributed by atoms with Crippen molar-refractivity contribution in [2.45, 2.75) is 12.5 Å². The van der Waals surface area contributed by atoms with E-state index in [0.717, 1.165) is 10.4 Å². The summed E-state index contributed by atoms with van der Waals surface area (Å²) in [5.41, 5.74) is 6.92. The van der Waals surface area contributed by atoms with Crippen molar-refractivity contribution >= 4 is 38.9 Å². The Bertz CT molecular complexity index is 529. The Balaban J connectivity index is 2.22. The second kappa shape index (κ2) is 5.48.